The first-order valence-corrected chi connectivity index (χ1v) is 18.3. The molecule has 3 aromatic rings. The molecule has 2 amide bonds. The van der Waals surface area contributed by atoms with Crippen molar-refractivity contribution >= 4 is 11.8 Å². The molecule has 0 radical (unpaired) electrons. The number of aromatic nitrogens is 2. The molecule has 0 aliphatic rings. The minimum atomic E-state index is -1.69. The highest BCUT2D eigenvalue weighted by molar-refractivity contribution is 5.94. The first kappa shape index (κ1) is 42.6. The van der Waals surface area contributed by atoms with E-state index in [9.17, 15) is 30.0 Å². The van der Waals surface area contributed by atoms with Crippen LogP contribution in [-0.4, -0.2) is 123 Å². The molecule has 13 heteroatoms. The lowest BCUT2D eigenvalue weighted by Gasteiger charge is -2.30. The fraction of sp³-hybridized carbons (Fsp3) is 0.538. The zero-order valence-corrected chi connectivity index (χ0v) is 30.5. The Hall–Kier alpha value is -3.82. The molecular weight excluding hydrogens is 664 g/mol. The summed E-state index contributed by atoms with van der Waals surface area (Å²) >= 11 is 0. The lowest BCUT2D eigenvalue weighted by molar-refractivity contribution is -0.119. The summed E-state index contributed by atoms with van der Waals surface area (Å²) in [6.07, 6.45) is 2.80. The van der Waals surface area contributed by atoms with Crippen molar-refractivity contribution in [2.24, 2.45) is 11.7 Å². The van der Waals surface area contributed by atoms with Crippen molar-refractivity contribution in [3.63, 3.8) is 0 Å². The molecule has 0 aliphatic carbocycles. The largest absolute Gasteiger partial charge is 0.394 e. The van der Waals surface area contributed by atoms with Gasteiger partial charge in [-0.05, 0) is 87.0 Å². The third-order valence-corrected chi connectivity index (χ3v) is 9.28. The number of hydrogen-bond donors (Lipinski definition) is 8. The van der Waals surface area contributed by atoms with E-state index in [-0.39, 0.29) is 24.1 Å². The Morgan fingerprint density at radius 2 is 1.63 bits per heavy atom. The van der Waals surface area contributed by atoms with Crippen LogP contribution in [0.25, 0.3) is 0 Å². The Morgan fingerprint density at radius 1 is 0.885 bits per heavy atom. The van der Waals surface area contributed by atoms with Crippen molar-refractivity contribution in [1.82, 2.24) is 25.5 Å². The van der Waals surface area contributed by atoms with Crippen LogP contribution < -0.4 is 16.4 Å². The summed E-state index contributed by atoms with van der Waals surface area (Å²) in [7, 11) is 0. The molecule has 9 N–H and O–H groups in total. The van der Waals surface area contributed by atoms with Crippen LogP contribution >= 0.6 is 0 Å². The second-order valence-corrected chi connectivity index (χ2v) is 13.5. The van der Waals surface area contributed by atoms with E-state index in [2.05, 4.69) is 46.6 Å². The van der Waals surface area contributed by atoms with E-state index in [1.807, 2.05) is 35.2 Å². The molecule has 286 valence electrons. The van der Waals surface area contributed by atoms with E-state index in [0.29, 0.717) is 56.8 Å². The molecule has 1 aromatic heterocycles. The fourth-order valence-corrected chi connectivity index (χ4v) is 6.19. The summed E-state index contributed by atoms with van der Waals surface area (Å²) in [5, 5.41) is 56.2. The van der Waals surface area contributed by atoms with Crippen LogP contribution in [0, 0.1) is 12.8 Å². The molecule has 0 spiro atoms. The topological polar surface area (TPSA) is 214 Å². The van der Waals surface area contributed by atoms with Gasteiger partial charge in [-0.1, -0.05) is 62.6 Å². The number of aliphatic hydroxyl groups excluding tert-OH is 5. The highest BCUT2D eigenvalue weighted by Gasteiger charge is 2.31. The normalized spacial score (nSPS) is 14.5. The Morgan fingerprint density at radius 3 is 2.37 bits per heavy atom. The predicted octanol–water partition coefficient (Wildman–Crippen LogP) is 1.17. The van der Waals surface area contributed by atoms with Gasteiger partial charge in [0.1, 0.15) is 24.0 Å². The van der Waals surface area contributed by atoms with Crippen molar-refractivity contribution < 1.29 is 35.1 Å². The molecule has 0 saturated heterocycles. The summed E-state index contributed by atoms with van der Waals surface area (Å²) in [6, 6.07) is 15.7. The van der Waals surface area contributed by atoms with E-state index in [1.54, 1.807) is 12.3 Å². The average molecular weight is 723 g/mol. The van der Waals surface area contributed by atoms with Crippen molar-refractivity contribution in [2.45, 2.75) is 83.2 Å². The Labute approximate surface area is 307 Å². The highest BCUT2D eigenvalue weighted by atomic mass is 16.4. The number of nitrogens with one attached hydrogen (secondary N) is 2. The molecule has 1 heterocycles. The maximum absolute atomic E-state index is 13.1. The maximum Gasteiger partial charge on any atom is 0.269 e. The van der Waals surface area contributed by atoms with E-state index in [1.165, 1.54) is 17.3 Å². The number of nitrogens with two attached hydrogens (primary N) is 1. The molecule has 5 atom stereocenters. The monoisotopic (exact) mass is 722 g/mol. The number of carbonyl (C=O) groups excluding carboxylic acids is 2. The van der Waals surface area contributed by atoms with Gasteiger partial charge in [-0.25, -0.2) is 4.98 Å². The number of nitrogens with zero attached hydrogens (tertiary/aromatic N) is 3. The number of amides is 2. The minimum Gasteiger partial charge on any atom is -0.394 e. The fourth-order valence-electron chi connectivity index (χ4n) is 6.19. The van der Waals surface area contributed by atoms with Gasteiger partial charge in [0.05, 0.1) is 18.4 Å². The zero-order valence-electron chi connectivity index (χ0n) is 30.5. The Balaban J connectivity index is 1.55. The van der Waals surface area contributed by atoms with Gasteiger partial charge >= 0.3 is 0 Å². The second-order valence-electron chi connectivity index (χ2n) is 13.5. The SMILES string of the molecule is CCCCCCN(CCNC(=O)c1cccc(CCNC[C@H](Cc2ccccc2C)Cc2nccnc2C(N)=O)c1)C[C@H](O)[C@@H](O)[C@H](O)[C@H](O)CO. The Bertz CT molecular complexity index is 1510. The van der Waals surface area contributed by atoms with Gasteiger partial charge in [0.25, 0.3) is 11.8 Å². The van der Waals surface area contributed by atoms with Crippen LogP contribution in [0.2, 0.25) is 0 Å². The van der Waals surface area contributed by atoms with Gasteiger partial charge in [0.15, 0.2) is 0 Å². The van der Waals surface area contributed by atoms with Crippen molar-refractivity contribution in [3.05, 3.63) is 94.6 Å². The van der Waals surface area contributed by atoms with Crippen LogP contribution in [0.4, 0.5) is 0 Å². The molecule has 0 fully saturated rings. The number of primary amides is 1. The second kappa shape index (κ2) is 23.0. The predicted molar refractivity (Wildman–Crippen MR) is 200 cm³/mol. The number of carbonyl (C=O) groups is 2. The summed E-state index contributed by atoms with van der Waals surface area (Å²) in [5.41, 5.74) is 10.3. The molecule has 3 rings (SSSR count). The molecule has 0 aliphatic heterocycles. The van der Waals surface area contributed by atoms with Crippen LogP contribution in [-0.2, 0) is 19.3 Å². The summed E-state index contributed by atoms with van der Waals surface area (Å²) in [6.45, 7) is 6.15. The lowest BCUT2D eigenvalue weighted by Crippen LogP contribution is -2.50. The quantitative estimate of drug-likeness (QED) is 0.0581. The van der Waals surface area contributed by atoms with Gasteiger partial charge in [-0.2, -0.15) is 0 Å². The van der Waals surface area contributed by atoms with Crippen LogP contribution in [0.5, 0.6) is 0 Å². The molecular formula is C39H58N6O7. The van der Waals surface area contributed by atoms with Gasteiger partial charge in [-0.3, -0.25) is 19.5 Å². The molecule has 0 unspecified atom stereocenters. The Kier molecular flexibility index (Phi) is 18.8. The lowest BCUT2D eigenvalue weighted by atomic mass is 9.91. The highest BCUT2D eigenvalue weighted by Crippen LogP contribution is 2.18. The number of hydrogen-bond acceptors (Lipinski definition) is 11. The number of aryl methyl sites for hydroxylation is 1. The molecule has 52 heavy (non-hydrogen) atoms. The molecule has 13 nitrogen and oxygen atoms in total. The van der Waals surface area contributed by atoms with Crippen LogP contribution in [0.3, 0.4) is 0 Å². The first-order chi connectivity index (χ1) is 25.0. The molecule has 0 bridgehead atoms. The van der Waals surface area contributed by atoms with Gasteiger partial charge in [0, 0.05) is 37.6 Å². The van der Waals surface area contributed by atoms with Gasteiger partial charge in [-0.15, -0.1) is 0 Å². The van der Waals surface area contributed by atoms with Crippen molar-refractivity contribution in [3.8, 4) is 0 Å². The average Bonchev–Trinajstić information content (AvgIpc) is 3.14. The smallest absolute Gasteiger partial charge is 0.269 e. The van der Waals surface area contributed by atoms with Gasteiger partial charge < -0.3 is 41.9 Å². The number of unbranched alkanes of at least 4 members (excludes halogenated alkanes) is 3. The third kappa shape index (κ3) is 14.3. The molecule has 0 saturated carbocycles. The standard InChI is InChI=1S/C39H58N6O7/c1-3-4-5-8-19-45(25-33(47)36(49)37(50)34(48)26-46)20-18-44-39(52)31-13-9-11-28(21-31)14-15-41-24-29(22-30-12-7-6-10-27(30)2)23-32-35(38(40)51)43-17-16-42-32/h6-7,9-13,16-17,21,29,33-34,36-37,41,46-50H,3-5,8,14-15,18-20,22-26H2,1-2H3,(H2,40,51)(H,44,52)/t29-,33+,34-,36-,37-/m1/s1. The van der Waals surface area contributed by atoms with Crippen LogP contribution in [0.15, 0.2) is 60.9 Å². The first-order valence-electron chi connectivity index (χ1n) is 18.3. The van der Waals surface area contributed by atoms with Crippen molar-refractivity contribution in [1.29, 1.82) is 0 Å². The van der Waals surface area contributed by atoms with E-state index >= 15 is 0 Å². The maximum atomic E-state index is 13.1. The van der Waals surface area contributed by atoms with E-state index < -0.39 is 36.9 Å². The summed E-state index contributed by atoms with van der Waals surface area (Å²) < 4.78 is 0. The van der Waals surface area contributed by atoms with Gasteiger partial charge in [0.2, 0.25) is 0 Å². The number of rotatable bonds is 25. The number of aliphatic hydroxyl groups is 5. The van der Waals surface area contributed by atoms with E-state index in [4.69, 9.17) is 10.8 Å². The summed E-state index contributed by atoms with van der Waals surface area (Å²) in [4.78, 5) is 35.6. The molecule has 2 aromatic carbocycles. The summed E-state index contributed by atoms with van der Waals surface area (Å²) in [5.74, 6) is -0.698. The van der Waals surface area contributed by atoms with Crippen molar-refractivity contribution in [2.75, 3.05) is 45.9 Å². The minimum absolute atomic E-state index is 0.0255. The zero-order chi connectivity index (χ0) is 37.9. The van der Waals surface area contributed by atoms with Crippen LogP contribution in [0.1, 0.15) is 75.8 Å². The van der Waals surface area contributed by atoms with E-state index in [0.717, 1.165) is 37.7 Å². The third-order valence-electron chi connectivity index (χ3n) is 9.28. The number of benzene rings is 2.